The number of amides is 1. The third kappa shape index (κ3) is 4.30. The van der Waals surface area contributed by atoms with Crippen LogP contribution < -0.4 is 14.8 Å². The number of nitrogens with one attached hydrogen (secondary N) is 1. The molecule has 0 aromatic heterocycles. The summed E-state index contributed by atoms with van der Waals surface area (Å²) in [5.74, 6) is -1.82. The van der Waals surface area contributed by atoms with E-state index in [9.17, 15) is 19.1 Å². The highest BCUT2D eigenvalue weighted by Crippen LogP contribution is 2.28. The van der Waals surface area contributed by atoms with Crippen LogP contribution in [0.25, 0.3) is 0 Å². The van der Waals surface area contributed by atoms with E-state index >= 15 is 0 Å². The second-order valence-corrected chi connectivity index (χ2v) is 5.94. The Morgan fingerprint density at radius 1 is 1.15 bits per heavy atom. The number of methoxy groups -OCH3 is 2. The summed E-state index contributed by atoms with van der Waals surface area (Å²) < 4.78 is 23.9. The first-order valence-electron chi connectivity index (χ1n) is 7.81. The van der Waals surface area contributed by atoms with E-state index in [1.54, 1.807) is 31.2 Å². The molecule has 0 saturated carbocycles. The molecule has 0 aliphatic rings. The zero-order valence-electron chi connectivity index (χ0n) is 14.7. The number of hydrogen-bond donors (Lipinski definition) is 2. The maximum Gasteiger partial charge on any atom is 0.306 e. The molecule has 138 valence electrons. The normalized spacial score (nSPS) is 12.8. The summed E-state index contributed by atoms with van der Waals surface area (Å²) in [6, 6.07) is 10.5. The van der Waals surface area contributed by atoms with Gasteiger partial charge in [0.25, 0.3) is 5.91 Å². The van der Waals surface area contributed by atoms with Crippen LogP contribution in [0.15, 0.2) is 42.5 Å². The minimum absolute atomic E-state index is 0.0163. The molecule has 2 rings (SSSR count). The molecule has 6 nitrogen and oxygen atoms in total. The standard InChI is InChI=1S/C19H20FNO5/c1-19(11-17(22)23,13-5-4-6-14(10-13)25-2)21-18(24)12-7-8-16(26-3)15(20)9-12/h4-10H,11H2,1-3H3,(H,21,24)(H,22,23). The number of halogens is 1. The van der Waals surface area contributed by atoms with E-state index in [4.69, 9.17) is 9.47 Å². The van der Waals surface area contributed by atoms with Gasteiger partial charge in [0.05, 0.1) is 26.2 Å². The quantitative estimate of drug-likeness (QED) is 0.792. The summed E-state index contributed by atoms with van der Waals surface area (Å²) >= 11 is 0. The van der Waals surface area contributed by atoms with Crippen molar-refractivity contribution in [3.8, 4) is 11.5 Å². The van der Waals surface area contributed by atoms with Gasteiger partial charge in [0, 0.05) is 5.56 Å². The molecule has 2 aromatic carbocycles. The summed E-state index contributed by atoms with van der Waals surface area (Å²) in [4.78, 5) is 23.9. The van der Waals surface area contributed by atoms with Gasteiger partial charge in [-0.25, -0.2) is 4.39 Å². The lowest BCUT2D eigenvalue weighted by Crippen LogP contribution is -2.45. The Morgan fingerprint density at radius 2 is 1.88 bits per heavy atom. The number of ether oxygens (including phenoxy) is 2. The van der Waals surface area contributed by atoms with Crippen LogP contribution in [0.1, 0.15) is 29.3 Å². The van der Waals surface area contributed by atoms with Crippen molar-refractivity contribution in [3.05, 3.63) is 59.4 Å². The highest BCUT2D eigenvalue weighted by atomic mass is 19.1. The van der Waals surface area contributed by atoms with Gasteiger partial charge in [-0.15, -0.1) is 0 Å². The molecule has 2 aromatic rings. The molecule has 0 saturated heterocycles. The minimum atomic E-state index is -1.21. The third-order valence-corrected chi connectivity index (χ3v) is 4.02. The van der Waals surface area contributed by atoms with Gasteiger partial charge in [0.1, 0.15) is 5.75 Å². The van der Waals surface area contributed by atoms with Gasteiger partial charge in [0.15, 0.2) is 11.6 Å². The van der Waals surface area contributed by atoms with E-state index in [1.807, 2.05) is 0 Å². The average Bonchev–Trinajstić information content (AvgIpc) is 2.60. The molecule has 0 bridgehead atoms. The van der Waals surface area contributed by atoms with Crippen LogP contribution in [0, 0.1) is 5.82 Å². The second-order valence-electron chi connectivity index (χ2n) is 5.94. The lowest BCUT2D eigenvalue weighted by Gasteiger charge is -2.30. The topological polar surface area (TPSA) is 84.9 Å². The third-order valence-electron chi connectivity index (χ3n) is 4.02. The number of carbonyl (C=O) groups is 2. The summed E-state index contributed by atoms with van der Waals surface area (Å²) in [6.45, 7) is 1.59. The number of rotatable bonds is 7. The maximum absolute atomic E-state index is 13.9. The van der Waals surface area contributed by atoms with Crippen LogP contribution in [0.3, 0.4) is 0 Å². The Hall–Kier alpha value is -3.09. The average molecular weight is 361 g/mol. The molecule has 26 heavy (non-hydrogen) atoms. The number of carbonyl (C=O) groups excluding carboxylic acids is 1. The lowest BCUT2D eigenvalue weighted by molar-refractivity contribution is -0.138. The fourth-order valence-corrected chi connectivity index (χ4v) is 2.62. The largest absolute Gasteiger partial charge is 0.497 e. The van der Waals surface area contributed by atoms with Crippen molar-refractivity contribution in [1.82, 2.24) is 5.32 Å². The number of carboxylic acid groups (broad SMARTS) is 1. The molecule has 1 amide bonds. The molecule has 2 N–H and O–H groups in total. The molecule has 0 spiro atoms. The molecule has 7 heteroatoms. The Morgan fingerprint density at radius 3 is 2.46 bits per heavy atom. The van der Waals surface area contributed by atoms with E-state index < -0.39 is 23.2 Å². The van der Waals surface area contributed by atoms with E-state index in [1.165, 1.54) is 26.4 Å². The summed E-state index contributed by atoms with van der Waals surface area (Å²) in [5.41, 5.74) is -0.599. The molecule has 0 aliphatic heterocycles. The van der Waals surface area contributed by atoms with Gasteiger partial charge in [0.2, 0.25) is 0 Å². The first-order valence-corrected chi connectivity index (χ1v) is 7.81. The first kappa shape index (κ1) is 19.2. The first-order chi connectivity index (χ1) is 12.3. The molecule has 1 unspecified atom stereocenters. The van der Waals surface area contributed by atoms with E-state index in [0.29, 0.717) is 11.3 Å². The Bertz CT molecular complexity index is 823. The fourth-order valence-electron chi connectivity index (χ4n) is 2.62. The van der Waals surface area contributed by atoms with Gasteiger partial charge >= 0.3 is 5.97 Å². The predicted octanol–water partition coefficient (Wildman–Crippen LogP) is 2.96. The summed E-state index contributed by atoms with van der Waals surface area (Å²) in [5, 5.41) is 12.0. The van der Waals surface area contributed by atoms with Crippen molar-refractivity contribution in [2.75, 3.05) is 14.2 Å². The smallest absolute Gasteiger partial charge is 0.306 e. The maximum atomic E-state index is 13.9. The highest BCUT2D eigenvalue weighted by Gasteiger charge is 2.32. The molecular weight excluding hydrogens is 341 g/mol. The Balaban J connectivity index is 2.36. The van der Waals surface area contributed by atoms with Gasteiger partial charge < -0.3 is 19.9 Å². The minimum Gasteiger partial charge on any atom is -0.497 e. The van der Waals surface area contributed by atoms with Gasteiger partial charge in [-0.05, 0) is 42.8 Å². The molecular formula is C19H20FNO5. The zero-order chi connectivity index (χ0) is 19.3. The molecule has 0 aliphatic carbocycles. The molecule has 0 heterocycles. The van der Waals surface area contributed by atoms with Crippen LogP contribution in [0.2, 0.25) is 0 Å². The molecule has 0 radical (unpaired) electrons. The Labute approximate surface area is 150 Å². The predicted molar refractivity (Wildman–Crippen MR) is 93.0 cm³/mol. The van der Waals surface area contributed by atoms with Crippen molar-refractivity contribution < 1.29 is 28.6 Å². The number of carboxylic acids is 1. The van der Waals surface area contributed by atoms with Gasteiger partial charge in [-0.2, -0.15) is 0 Å². The molecule has 1 atom stereocenters. The van der Waals surface area contributed by atoms with E-state index in [-0.39, 0.29) is 17.7 Å². The summed E-state index contributed by atoms with van der Waals surface area (Å²) in [6.07, 6.45) is -0.357. The fraction of sp³-hybridized carbons (Fsp3) is 0.263. The van der Waals surface area contributed by atoms with Crippen molar-refractivity contribution in [2.45, 2.75) is 18.9 Å². The van der Waals surface area contributed by atoms with Crippen LogP contribution in [0.4, 0.5) is 4.39 Å². The monoisotopic (exact) mass is 361 g/mol. The van der Waals surface area contributed by atoms with Crippen molar-refractivity contribution >= 4 is 11.9 Å². The van der Waals surface area contributed by atoms with Crippen LogP contribution in [0.5, 0.6) is 11.5 Å². The number of hydrogen-bond acceptors (Lipinski definition) is 4. The second kappa shape index (κ2) is 7.86. The number of benzene rings is 2. The SMILES string of the molecule is COc1cccc(C(C)(CC(=O)O)NC(=O)c2ccc(OC)c(F)c2)c1. The van der Waals surface area contributed by atoms with Gasteiger partial charge in [-0.3, -0.25) is 9.59 Å². The van der Waals surface area contributed by atoms with Crippen LogP contribution in [-0.2, 0) is 10.3 Å². The zero-order valence-corrected chi connectivity index (χ0v) is 14.7. The summed E-state index contributed by atoms with van der Waals surface area (Å²) in [7, 11) is 2.82. The van der Waals surface area contributed by atoms with Crippen LogP contribution >= 0.6 is 0 Å². The van der Waals surface area contributed by atoms with Crippen molar-refractivity contribution in [3.63, 3.8) is 0 Å². The highest BCUT2D eigenvalue weighted by molar-refractivity contribution is 5.95. The van der Waals surface area contributed by atoms with E-state index in [0.717, 1.165) is 6.07 Å². The van der Waals surface area contributed by atoms with Crippen molar-refractivity contribution in [1.29, 1.82) is 0 Å². The van der Waals surface area contributed by atoms with Gasteiger partial charge in [-0.1, -0.05) is 12.1 Å². The van der Waals surface area contributed by atoms with E-state index in [2.05, 4.69) is 5.32 Å². The van der Waals surface area contributed by atoms with Crippen LogP contribution in [-0.4, -0.2) is 31.2 Å². The lowest BCUT2D eigenvalue weighted by atomic mass is 9.88. The van der Waals surface area contributed by atoms with Crippen molar-refractivity contribution in [2.24, 2.45) is 0 Å². The molecule has 0 fully saturated rings. The Kier molecular flexibility index (Phi) is 5.82. The number of aliphatic carboxylic acids is 1.